The van der Waals surface area contributed by atoms with Crippen molar-refractivity contribution < 1.29 is 19.4 Å². The maximum Gasteiger partial charge on any atom is 0.339 e. The molecule has 5 heteroatoms. The van der Waals surface area contributed by atoms with Gasteiger partial charge < -0.3 is 15.2 Å². The van der Waals surface area contributed by atoms with E-state index in [-0.39, 0.29) is 17.7 Å². The van der Waals surface area contributed by atoms with Gasteiger partial charge in [-0.3, -0.25) is 4.79 Å². The van der Waals surface area contributed by atoms with Gasteiger partial charge in [0.25, 0.3) is 0 Å². The van der Waals surface area contributed by atoms with Crippen LogP contribution in [0.4, 0.5) is 0 Å². The van der Waals surface area contributed by atoms with Crippen molar-refractivity contribution >= 4 is 11.9 Å². The SMILES string of the molecule is CCCC1C(=O)N[C@@]2([C@@H](O)C3CCCCC3)C(=O)O[C@@]12C. The lowest BCUT2D eigenvalue weighted by Gasteiger charge is -2.55. The molecule has 0 aromatic heterocycles. The molecule has 0 bridgehead atoms. The van der Waals surface area contributed by atoms with Gasteiger partial charge in [-0.15, -0.1) is 0 Å². The van der Waals surface area contributed by atoms with E-state index in [1.807, 2.05) is 6.92 Å². The summed E-state index contributed by atoms with van der Waals surface area (Å²) in [5.74, 6) is -0.889. The first-order chi connectivity index (χ1) is 9.97. The Morgan fingerprint density at radius 3 is 2.57 bits per heavy atom. The number of nitrogens with one attached hydrogen (secondary N) is 1. The van der Waals surface area contributed by atoms with Gasteiger partial charge in [0, 0.05) is 0 Å². The molecule has 2 N–H and O–H groups in total. The molecule has 3 fully saturated rings. The number of hydrogen-bond donors (Lipinski definition) is 2. The minimum absolute atomic E-state index is 0.0756. The van der Waals surface area contributed by atoms with Crippen molar-refractivity contribution in [3.8, 4) is 0 Å². The zero-order valence-electron chi connectivity index (χ0n) is 12.9. The Hall–Kier alpha value is -1.10. The molecule has 21 heavy (non-hydrogen) atoms. The molecule has 1 unspecified atom stereocenters. The van der Waals surface area contributed by atoms with Crippen LogP contribution >= 0.6 is 0 Å². The Morgan fingerprint density at radius 2 is 2.00 bits per heavy atom. The van der Waals surface area contributed by atoms with E-state index in [0.29, 0.717) is 6.42 Å². The van der Waals surface area contributed by atoms with Crippen LogP contribution < -0.4 is 5.32 Å². The number of amides is 1. The average molecular weight is 295 g/mol. The van der Waals surface area contributed by atoms with Gasteiger partial charge in [0.15, 0.2) is 5.60 Å². The fourth-order valence-electron chi connectivity index (χ4n) is 4.55. The van der Waals surface area contributed by atoms with Crippen molar-refractivity contribution in [3.05, 3.63) is 0 Å². The third-order valence-electron chi connectivity index (χ3n) is 5.83. The molecule has 0 aromatic carbocycles. The van der Waals surface area contributed by atoms with Crippen LogP contribution in [0.1, 0.15) is 58.8 Å². The molecule has 1 saturated carbocycles. The zero-order chi connectivity index (χ0) is 15.3. The molecular weight excluding hydrogens is 270 g/mol. The number of hydrogen-bond acceptors (Lipinski definition) is 4. The predicted molar refractivity (Wildman–Crippen MR) is 76.4 cm³/mol. The van der Waals surface area contributed by atoms with E-state index in [4.69, 9.17) is 4.74 Å². The van der Waals surface area contributed by atoms with E-state index < -0.39 is 23.2 Å². The molecule has 2 heterocycles. The van der Waals surface area contributed by atoms with E-state index in [2.05, 4.69) is 5.32 Å². The molecule has 3 aliphatic rings. The molecule has 118 valence electrons. The molecule has 0 aromatic rings. The summed E-state index contributed by atoms with van der Waals surface area (Å²) in [6, 6.07) is 0. The second kappa shape index (κ2) is 4.97. The standard InChI is InChI=1S/C16H25NO4/c1-3-7-11-13(19)17-16(14(20)21-15(11,16)2)12(18)10-8-5-4-6-9-10/h10-12,18H,3-9H2,1-2H3,(H,17,19)/t11?,12-,15-,16-/m0/s1. The number of fused-ring (bicyclic) bond motifs is 1. The van der Waals surface area contributed by atoms with Crippen molar-refractivity contribution in [2.24, 2.45) is 11.8 Å². The van der Waals surface area contributed by atoms with E-state index >= 15 is 0 Å². The minimum atomic E-state index is -1.22. The summed E-state index contributed by atoms with van der Waals surface area (Å²) < 4.78 is 5.42. The fourth-order valence-corrected chi connectivity index (χ4v) is 4.55. The second-order valence-corrected chi connectivity index (χ2v) is 6.98. The van der Waals surface area contributed by atoms with Crippen molar-refractivity contribution in [1.82, 2.24) is 5.32 Å². The normalized spacial score (nSPS) is 41.0. The van der Waals surface area contributed by atoms with Crippen LogP contribution in [0.15, 0.2) is 0 Å². The first-order valence-electron chi connectivity index (χ1n) is 8.21. The lowest BCUT2D eigenvalue weighted by molar-refractivity contribution is -0.240. The summed E-state index contributed by atoms with van der Waals surface area (Å²) in [5, 5.41) is 13.7. The van der Waals surface area contributed by atoms with Crippen LogP contribution in [-0.4, -0.2) is 34.2 Å². The lowest BCUT2D eigenvalue weighted by Crippen LogP contribution is -2.80. The highest BCUT2D eigenvalue weighted by Crippen LogP contribution is 2.53. The molecule has 3 rings (SSSR count). The van der Waals surface area contributed by atoms with E-state index in [0.717, 1.165) is 32.1 Å². The maximum atomic E-state index is 12.3. The van der Waals surface area contributed by atoms with Gasteiger partial charge in [-0.25, -0.2) is 4.79 Å². The van der Waals surface area contributed by atoms with Gasteiger partial charge >= 0.3 is 5.97 Å². The van der Waals surface area contributed by atoms with E-state index in [9.17, 15) is 14.7 Å². The van der Waals surface area contributed by atoms with Crippen molar-refractivity contribution in [3.63, 3.8) is 0 Å². The van der Waals surface area contributed by atoms with Gasteiger partial charge in [0.2, 0.25) is 11.4 Å². The van der Waals surface area contributed by atoms with Gasteiger partial charge in [0.1, 0.15) is 0 Å². The molecule has 4 atom stereocenters. The Balaban J connectivity index is 1.90. The quantitative estimate of drug-likeness (QED) is 0.771. The smallest absolute Gasteiger partial charge is 0.339 e. The maximum absolute atomic E-state index is 12.3. The summed E-state index contributed by atoms with van der Waals surface area (Å²) in [6.45, 7) is 3.81. The van der Waals surface area contributed by atoms with Crippen LogP contribution in [0.3, 0.4) is 0 Å². The van der Waals surface area contributed by atoms with E-state index in [1.165, 1.54) is 6.42 Å². The van der Waals surface area contributed by atoms with E-state index in [1.54, 1.807) is 6.92 Å². The van der Waals surface area contributed by atoms with Crippen molar-refractivity contribution in [2.75, 3.05) is 0 Å². The number of esters is 1. The first-order valence-corrected chi connectivity index (χ1v) is 8.21. The Kier molecular flexibility index (Phi) is 3.51. The first kappa shape index (κ1) is 14.8. The summed E-state index contributed by atoms with van der Waals surface area (Å²) in [5.41, 5.74) is -2.11. The van der Waals surface area contributed by atoms with Gasteiger partial charge in [-0.2, -0.15) is 0 Å². The summed E-state index contributed by atoms with van der Waals surface area (Å²) in [4.78, 5) is 24.5. The molecule has 5 nitrogen and oxygen atoms in total. The molecule has 1 amide bonds. The molecule has 0 spiro atoms. The van der Waals surface area contributed by atoms with Crippen LogP contribution in [0.2, 0.25) is 0 Å². The average Bonchev–Trinajstić information content (AvgIpc) is 2.65. The number of aliphatic hydroxyl groups excluding tert-OH is 1. The fraction of sp³-hybridized carbons (Fsp3) is 0.875. The third kappa shape index (κ3) is 1.79. The van der Waals surface area contributed by atoms with Crippen LogP contribution in [-0.2, 0) is 14.3 Å². The van der Waals surface area contributed by atoms with Crippen LogP contribution in [0, 0.1) is 11.8 Å². The largest absolute Gasteiger partial charge is 0.453 e. The van der Waals surface area contributed by atoms with Gasteiger partial charge in [-0.1, -0.05) is 32.6 Å². The highest BCUT2D eigenvalue weighted by atomic mass is 16.6. The molecule has 2 aliphatic heterocycles. The topological polar surface area (TPSA) is 75.6 Å². The number of ether oxygens (including phenoxy) is 1. The monoisotopic (exact) mass is 295 g/mol. The zero-order valence-corrected chi connectivity index (χ0v) is 12.9. The Labute approximate surface area is 125 Å². The number of aliphatic hydroxyl groups is 1. The highest BCUT2D eigenvalue weighted by molar-refractivity contribution is 6.01. The Morgan fingerprint density at radius 1 is 1.33 bits per heavy atom. The number of carbonyl (C=O) groups excluding carboxylic acids is 2. The van der Waals surface area contributed by atoms with Gasteiger partial charge in [0.05, 0.1) is 12.0 Å². The number of rotatable bonds is 4. The molecule has 2 saturated heterocycles. The molecule has 0 radical (unpaired) electrons. The summed E-state index contributed by atoms with van der Waals surface area (Å²) >= 11 is 0. The number of carbonyl (C=O) groups is 2. The van der Waals surface area contributed by atoms with Crippen molar-refractivity contribution in [1.29, 1.82) is 0 Å². The van der Waals surface area contributed by atoms with Crippen molar-refractivity contribution in [2.45, 2.75) is 76.0 Å². The predicted octanol–water partition coefficient (Wildman–Crippen LogP) is 1.53. The minimum Gasteiger partial charge on any atom is -0.453 e. The second-order valence-electron chi connectivity index (χ2n) is 6.98. The Bertz CT molecular complexity index is 459. The van der Waals surface area contributed by atoms with Crippen LogP contribution in [0.5, 0.6) is 0 Å². The van der Waals surface area contributed by atoms with Gasteiger partial charge in [-0.05, 0) is 32.1 Å². The third-order valence-corrected chi connectivity index (χ3v) is 5.83. The molecule has 1 aliphatic carbocycles. The highest BCUT2D eigenvalue weighted by Gasteiger charge is 2.79. The summed E-state index contributed by atoms with van der Waals surface area (Å²) in [7, 11) is 0. The molecular formula is C16H25NO4. The lowest BCUT2D eigenvalue weighted by atomic mass is 9.63. The van der Waals surface area contributed by atoms with Crippen LogP contribution in [0.25, 0.3) is 0 Å². The summed E-state index contributed by atoms with van der Waals surface area (Å²) in [6.07, 6.45) is 5.86.